The summed E-state index contributed by atoms with van der Waals surface area (Å²) in [6, 6.07) is 2.56. The lowest BCUT2D eigenvalue weighted by Gasteiger charge is -2.02. The monoisotopic (exact) mass is 298 g/mol. The molecule has 0 atom stereocenters. The molecule has 0 aliphatic rings. The van der Waals surface area contributed by atoms with Crippen LogP contribution in [0.3, 0.4) is 0 Å². The number of alkyl halides is 2. The maximum Gasteiger partial charge on any atom is 0.281 e. The molecule has 0 radical (unpaired) electrons. The van der Waals surface area contributed by atoms with Crippen molar-refractivity contribution in [1.82, 2.24) is 4.98 Å². The fourth-order valence-corrected chi connectivity index (χ4v) is 1.38. The van der Waals surface area contributed by atoms with Gasteiger partial charge in [-0.2, -0.15) is 9.65 Å². The molecule has 6 heteroatoms. The van der Waals surface area contributed by atoms with Crippen molar-refractivity contribution in [2.24, 2.45) is 0 Å². The Morgan fingerprint density at radius 3 is 2.62 bits per heavy atom. The summed E-state index contributed by atoms with van der Waals surface area (Å²) in [4.78, 5) is 3.00. The summed E-state index contributed by atoms with van der Waals surface area (Å²) < 4.78 is 37.1. The summed E-state index contributed by atoms with van der Waals surface area (Å²) in [5.74, 6) is -1.15. The van der Waals surface area contributed by atoms with Crippen LogP contribution < -0.4 is 0 Å². The second-order valence-electron chi connectivity index (χ2n) is 2.11. The van der Waals surface area contributed by atoms with Gasteiger partial charge in [0.05, 0.1) is 0 Å². The predicted molar refractivity (Wildman–Crippen MR) is 46.6 cm³/mol. The molecule has 0 saturated carbocycles. The summed E-state index contributed by atoms with van der Waals surface area (Å²) in [6.07, 6.45) is -2.82. The third kappa shape index (κ3) is 2.09. The van der Waals surface area contributed by atoms with Crippen LogP contribution in [0.2, 0.25) is 0 Å². The van der Waals surface area contributed by atoms with Gasteiger partial charge in [-0.15, -0.1) is 0 Å². The van der Waals surface area contributed by atoms with E-state index in [0.29, 0.717) is 0 Å². The first-order valence-corrected chi connectivity index (χ1v) is 4.18. The maximum absolute atomic E-state index is 12.7. The molecule has 0 aromatic carbocycles. The molecule has 0 spiro atoms. The molecule has 2 nitrogen and oxygen atoms in total. The normalized spacial score (nSPS) is 10.2. The molecule has 1 aromatic rings. The van der Waals surface area contributed by atoms with E-state index >= 15 is 0 Å². The van der Waals surface area contributed by atoms with Gasteiger partial charge in [-0.05, 0) is 28.7 Å². The van der Waals surface area contributed by atoms with E-state index in [1.165, 1.54) is 6.07 Å². The highest BCUT2D eigenvalue weighted by Gasteiger charge is 2.17. The lowest BCUT2D eigenvalue weighted by atomic mass is 10.2. The maximum atomic E-state index is 12.7. The van der Waals surface area contributed by atoms with Crippen molar-refractivity contribution in [2.45, 2.75) is 6.43 Å². The number of rotatable bonds is 1. The molecular formula is C7H2F3IN2. The number of hydrogen-bond acceptors (Lipinski definition) is 2. The zero-order valence-electron chi connectivity index (χ0n) is 6.06. The van der Waals surface area contributed by atoms with Crippen molar-refractivity contribution in [1.29, 1.82) is 5.26 Å². The number of aromatic nitrogens is 1. The van der Waals surface area contributed by atoms with Crippen LogP contribution in [0.4, 0.5) is 13.2 Å². The fourth-order valence-electron chi connectivity index (χ4n) is 0.711. The van der Waals surface area contributed by atoms with Crippen molar-refractivity contribution < 1.29 is 13.2 Å². The lowest BCUT2D eigenvalue weighted by molar-refractivity contribution is 0.143. The third-order valence-electron chi connectivity index (χ3n) is 1.28. The minimum Gasteiger partial charge on any atom is -0.216 e. The SMILES string of the molecule is N#Cc1cc(I)c(C(F)F)nc1F. The highest BCUT2D eigenvalue weighted by Crippen LogP contribution is 2.23. The summed E-state index contributed by atoms with van der Waals surface area (Å²) in [5.41, 5.74) is -0.953. The van der Waals surface area contributed by atoms with Crippen LogP contribution in [0.5, 0.6) is 0 Å². The first-order valence-electron chi connectivity index (χ1n) is 3.10. The van der Waals surface area contributed by atoms with E-state index in [-0.39, 0.29) is 9.13 Å². The van der Waals surface area contributed by atoms with Gasteiger partial charge in [0.2, 0.25) is 5.95 Å². The van der Waals surface area contributed by atoms with Gasteiger partial charge >= 0.3 is 0 Å². The van der Waals surface area contributed by atoms with E-state index < -0.39 is 18.1 Å². The summed E-state index contributed by atoms with van der Waals surface area (Å²) in [7, 11) is 0. The fraction of sp³-hybridized carbons (Fsp3) is 0.143. The standard InChI is InChI=1S/C7H2F3IN2/c8-6(9)5-4(11)1-3(2-12)7(10)13-5/h1,6H. The van der Waals surface area contributed by atoms with Crippen LogP contribution in [0.15, 0.2) is 6.07 Å². The number of nitriles is 1. The van der Waals surface area contributed by atoms with Crippen LogP contribution in [0, 0.1) is 20.8 Å². The van der Waals surface area contributed by atoms with E-state index in [1.54, 1.807) is 22.6 Å². The lowest BCUT2D eigenvalue weighted by Crippen LogP contribution is -2.00. The molecule has 0 aliphatic carbocycles. The molecule has 0 fully saturated rings. The van der Waals surface area contributed by atoms with Gasteiger partial charge in [-0.1, -0.05) is 0 Å². The number of nitrogens with zero attached hydrogens (tertiary/aromatic N) is 2. The van der Waals surface area contributed by atoms with Crippen molar-refractivity contribution >= 4 is 22.6 Å². The highest BCUT2D eigenvalue weighted by molar-refractivity contribution is 14.1. The minimum atomic E-state index is -2.82. The van der Waals surface area contributed by atoms with Crippen LogP contribution >= 0.6 is 22.6 Å². The average Bonchev–Trinajstić information content (AvgIpc) is 2.07. The summed E-state index contributed by atoms with van der Waals surface area (Å²) in [6.45, 7) is 0. The van der Waals surface area contributed by atoms with Gasteiger partial charge in [0.1, 0.15) is 17.3 Å². The first kappa shape index (κ1) is 10.2. The second-order valence-corrected chi connectivity index (χ2v) is 3.27. The average molecular weight is 298 g/mol. The van der Waals surface area contributed by atoms with Gasteiger partial charge in [0.25, 0.3) is 6.43 Å². The Balaban J connectivity index is 3.31. The molecule has 0 saturated heterocycles. The van der Waals surface area contributed by atoms with E-state index in [4.69, 9.17) is 5.26 Å². The Labute approximate surface area is 85.5 Å². The number of pyridine rings is 1. The van der Waals surface area contributed by atoms with Crippen LogP contribution in [-0.4, -0.2) is 4.98 Å². The zero-order chi connectivity index (χ0) is 10.0. The van der Waals surface area contributed by atoms with E-state index in [1.807, 2.05) is 0 Å². The van der Waals surface area contributed by atoms with Crippen LogP contribution in [0.1, 0.15) is 17.7 Å². The van der Waals surface area contributed by atoms with E-state index in [9.17, 15) is 13.2 Å². The summed E-state index contributed by atoms with van der Waals surface area (Å²) in [5, 5.41) is 8.35. The molecule has 68 valence electrons. The molecule has 0 bridgehead atoms. The molecule has 0 amide bonds. The van der Waals surface area contributed by atoms with Crippen molar-refractivity contribution in [3.8, 4) is 6.07 Å². The quantitative estimate of drug-likeness (QED) is 0.590. The molecular weight excluding hydrogens is 296 g/mol. The Kier molecular flexibility index (Phi) is 3.08. The molecule has 1 heterocycles. The second kappa shape index (κ2) is 3.91. The molecule has 1 aromatic heterocycles. The zero-order valence-corrected chi connectivity index (χ0v) is 8.22. The highest BCUT2D eigenvalue weighted by atomic mass is 127. The van der Waals surface area contributed by atoms with E-state index in [0.717, 1.165) is 6.07 Å². The number of halogens is 4. The molecule has 13 heavy (non-hydrogen) atoms. The summed E-state index contributed by atoms with van der Waals surface area (Å²) >= 11 is 1.58. The first-order chi connectivity index (χ1) is 6.06. The third-order valence-corrected chi connectivity index (χ3v) is 2.15. The molecule has 0 unspecified atom stereocenters. The van der Waals surface area contributed by atoms with Crippen LogP contribution in [0.25, 0.3) is 0 Å². The Bertz CT molecular complexity index is 373. The molecule has 0 N–H and O–H groups in total. The van der Waals surface area contributed by atoms with Crippen molar-refractivity contribution in [3.05, 3.63) is 26.8 Å². The molecule has 0 aliphatic heterocycles. The Morgan fingerprint density at radius 1 is 1.54 bits per heavy atom. The number of hydrogen-bond donors (Lipinski definition) is 0. The van der Waals surface area contributed by atoms with Crippen molar-refractivity contribution in [2.75, 3.05) is 0 Å². The van der Waals surface area contributed by atoms with Crippen LogP contribution in [-0.2, 0) is 0 Å². The topological polar surface area (TPSA) is 36.7 Å². The van der Waals surface area contributed by atoms with Gasteiger partial charge < -0.3 is 0 Å². The smallest absolute Gasteiger partial charge is 0.216 e. The van der Waals surface area contributed by atoms with Gasteiger partial charge in [0.15, 0.2) is 0 Å². The van der Waals surface area contributed by atoms with E-state index in [2.05, 4.69) is 4.98 Å². The van der Waals surface area contributed by atoms with Gasteiger partial charge in [-0.3, -0.25) is 0 Å². The van der Waals surface area contributed by atoms with Crippen molar-refractivity contribution in [3.63, 3.8) is 0 Å². The largest absolute Gasteiger partial charge is 0.281 e. The van der Waals surface area contributed by atoms with Gasteiger partial charge in [0, 0.05) is 3.57 Å². The Morgan fingerprint density at radius 2 is 2.15 bits per heavy atom. The molecule has 1 rings (SSSR count). The Hall–Kier alpha value is -0.840. The predicted octanol–water partition coefficient (Wildman–Crippen LogP) is 2.63. The minimum absolute atomic E-state index is 0.0885. The van der Waals surface area contributed by atoms with Gasteiger partial charge in [-0.25, -0.2) is 13.8 Å².